The first-order valence-electron chi connectivity index (χ1n) is 8.93. The van der Waals surface area contributed by atoms with Crippen molar-refractivity contribution in [1.29, 1.82) is 0 Å². The van der Waals surface area contributed by atoms with Crippen molar-refractivity contribution < 1.29 is 24.5 Å². The number of esters is 1. The largest absolute Gasteiger partial charge is 0.504 e. The van der Waals surface area contributed by atoms with E-state index in [1.807, 2.05) is 0 Å². The summed E-state index contributed by atoms with van der Waals surface area (Å²) in [6.45, 7) is 1.75. The molecule has 0 radical (unpaired) electrons. The molecule has 0 amide bonds. The van der Waals surface area contributed by atoms with Crippen molar-refractivity contribution in [1.82, 2.24) is 4.98 Å². The topological polar surface area (TPSA) is 135 Å². The second-order valence-corrected chi connectivity index (χ2v) is 6.52. The number of aromatic amines is 1. The number of H-pyrrole nitrogens is 1. The first-order chi connectivity index (χ1) is 13.9. The van der Waals surface area contributed by atoms with Crippen LogP contribution in [0.3, 0.4) is 0 Å². The van der Waals surface area contributed by atoms with Crippen molar-refractivity contribution in [3.63, 3.8) is 0 Å². The average molecular weight is 394 g/mol. The van der Waals surface area contributed by atoms with Gasteiger partial charge in [0.05, 0.1) is 23.6 Å². The number of phenols is 2. The third-order valence-corrected chi connectivity index (χ3v) is 4.79. The van der Waals surface area contributed by atoms with E-state index in [0.29, 0.717) is 16.5 Å². The highest BCUT2D eigenvalue weighted by Crippen LogP contribution is 2.44. The van der Waals surface area contributed by atoms with Crippen molar-refractivity contribution >= 4 is 16.9 Å². The highest BCUT2D eigenvalue weighted by atomic mass is 16.5. The predicted octanol–water partition coefficient (Wildman–Crippen LogP) is 2.20. The van der Waals surface area contributed by atoms with Gasteiger partial charge in [0.1, 0.15) is 11.3 Å². The van der Waals surface area contributed by atoms with Gasteiger partial charge in [-0.05, 0) is 36.8 Å². The van der Waals surface area contributed by atoms with Gasteiger partial charge in [0.15, 0.2) is 11.5 Å². The number of rotatable bonds is 3. The van der Waals surface area contributed by atoms with Crippen LogP contribution < -0.4 is 16.0 Å². The summed E-state index contributed by atoms with van der Waals surface area (Å²) < 4.78 is 10.9. The molecule has 148 valence electrons. The Morgan fingerprint density at radius 3 is 2.69 bits per heavy atom. The lowest BCUT2D eigenvalue weighted by molar-refractivity contribution is -0.139. The molecule has 5 N–H and O–H groups in total. The average Bonchev–Trinajstić information content (AvgIpc) is 2.69. The fourth-order valence-corrected chi connectivity index (χ4v) is 3.53. The molecule has 4 rings (SSSR count). The summed E-state index contributed by atoms with van der Waals surface area (Å²) in [5.41, 5.74) is 6.66. The van der Waals surface area contributed by atoms with E-state index in [9.17, 15) is 19.8 Å². The monoisotopic (exact) mass is 394 g/mol. The Morgan fingerprint density at radius 1 is 1.21 bits per heavy atom. The number of fused-ring (bicyclic) bond motifs is 3. The molecule has 0 bridgehead atoms. The van der Waals surface area contributed by atoms with Gasteiger partial charge < -0.3 is 30.4 Å². The lowest BCUT2D eigenvalue weighted by Gasteiger charge is -2.28. The van der Waals surface area contributed by atoms with Crippen LogP contribution in [-0.4, -0.2) is 27.8 Å². The van der Waals surface area contributed by atoms with Crippen LogP contribution in [0.5, 0.6) is 17.2 Å². The van der Waals surface area contributed by atoms with Crippen molar-refractivity contribution in [3.8, 4) is 17.2 Å². The number of nitrogens with one attached hydrogen (secondary N) is 1. The number of hydrogen-bond donors (Lipinski definition) is 4. The van der Waals surface area contributed by atoms with Crippen LogP contribution in [0.15, 0.2) is 58.7 Å². The molecule has 8 nitrogen and oxygen atoms in total. The zero-order valence-corrected chi connectivity index (χ0v) is 15.4. The van der Waals surface area contributed by atoms with Gasteiger partial charge in [-0.15, -0.1) is 0 Å². The number of carbonyl (C=O) groups is 1. The Balaban J connectivity index is 2.05. The minimum Gasteiger partial charge on any atom is -0.504 e. The molecule has 8 heteroatoms. The van der Waals surface area contributed by atoms with Gasteiger partial charge in [0.2, 0.25) is 5.88 Å². The summed E-state index contributed by atoms with van der Waals surface area (Å²) in [6, 6.07) is 11.1. The molecule has 3 aromatic rings. The number of nitrogens with two attached hydrogens (primary N) is 1. The molecule has 0 unspecified atom stereocenters. The number of aromatic nitrogens is 1. The van der Waals surface area contributed by atoms with Gasteiger partial charge in [0, 0.05) is 5.39 Å². The number of para-hydroxylation sites is 1. The number of phenolic OH excluding ortho intramolecular Hbond substituents is 2. The summed E-state index contributed by atoms with van der Waals surface area (Å²) in [4.78, 5) is 28.4. The van der Waals surface area contributed by atoms with Gasteiger partial charge in [-0.2, -0.15) is 0 Å². The molecule has 29 heavy (non-hydrogen) atoms. The van der Waals surface area contributed by atoms with Crippen LogP contribution in [-0.2, 0) is 9.53 Å². The van der Waals surface area contributed by atoms with E-state index in [1.54, 1.807) is 31.2 Å². The zero-order valence-electron chi connectivity index (χ0n) is 15.4. The minimum atomic E-state index is -0.961. The van der Waals surface area contributed by atoms with Gasteiger partial charge in [-0.1, -0.05) is 18.2 Å². The second-order valence-electron chi connectivity index (χ2n) is 6.52. The fraction of sp³-hybridized carbons (Fsp3) is 0.143. The Morgan fingerprint density at radius 2 is 1.97 bits per heavy atom. The first kappa shape index (κ1) is 18.4. The number of pyridine rings is 1. The Hall–Kier alpha value is -3.94. The Bertz CT molecular complexity index is 1230. The van der Waals surface area contributed by atoms with E-state index < -0.39 is 23.2 Å². The molecular formula is C21H18N2O6. The molecular weight excluding hydrogens is 376 g/mol. The van der Waals surface area contributed by atoms with Gasteiger partial charge in [0.25, 0.3) is 5.56 Å². The number of carbonyl (C=O) groups excluding carboxylic acids is 1. The third kappa shape index (κ3) is 2.94. The maximum atomic E-state index is 13.0. The molecule has 0 fully saturated rings. The second kappa shape index (κ2) is 6.90. The first-order valence-corrected chi connectivity index (χ1v) is 8.93. The Kier molecular flexibility index (Phi) is 4.38. The van der Waals surface area contributed by atoms with E-state index in [0.717, 1.165) is 0 Å². The van der Waals surface area contributed by atoms with Crippen LogP contribution >= 0.6 is 0 Å². The normalized spacial score (nSPS) is 15.7. The predicted molar refractivity (Wildman–Crippen MR) is 105 cm³/mol. The summed E-state index contributed by atoms with van der Waals surface area (Å²) in [6.07, 6.45) is 0. The number of ether oxygens (including phenoxy) is 2. The molecule has 0 spiro atoms. The van der Waals surface area contributed by atoms with Gasteiger partial charge in [-0.3, -0.25) is 4.79 Å². The zero-order chi connectivity index (χ0) is 20.7. The van der Waals surface area contributed by atoms with Crippen molar-refractivity contribution in [3.05, 3.63) is 75.4 Å². The maximum Gasteiger partial charge on any atom is 0.340 e. The molecule has 1 aromatic heterocycles. The van der Waals surface area contributed by atoms with Gasteiger partial charge in [-0.25, -0.2) is 4.79 Å². The highest BCUT2D eigenvalue weighted by Gasteiger charge is 2.38. The molecule has 2 heterocycles. The fourth-order valence-electron chi connectivity index (χ4n) is 3.53. The molecule has 1 aliphatic rings. The molecule has 1 aliphatic heterocycles. The van der Waals surface area contributed by atoms with Crippen molar-refractivity contribution in [2.75, 3.05) is 6.61 Å². The molecule has 0 aliphatic carbocycles. The van der Waals surface area contributed by atoms with Crippen molar-refractivity contribution in [2.24, 2.45) is 5.73 Å². The lowest BCUT2D eigenvalue weighted by atomic mass is 9.82. The molecule has 2 aromatic carbocycles. The highest BCUT2D eigenvalue weighted by molar-refractivity contribution is 5.95. The number of hydrogen-bond acceptors (Lipinski definition) is 7. The molecule has 0 saturated heterocycles. The Labute approximate surface area is 164 Å². The van der Waals surface area contributed by atoms with Crippen LogP contribution in [0.25, 0.3) is 10.9 Å². The van der Waals surface area contributed by atoms with E-state index in [4.69, 9.17) is 15.2 Å². The van der Waals surface area contributed by atoms with E-state index >= 15 is 0 Å². The van der Waals surface area contributed by atoms with Crippen molar-refractivity contribution in [2.45, 2.75) is 12.8 Å². The van der Waals surface area contributed by atoms with Gasteiger partial charge >= 0.3 is 5.97 Å². The summed E-state index contributed by atoms with van der Waals surface area (Å²) >= 11 is 0. The number of benzene rings is 2. The van der Waals surface area contributed by atoms with E-state index in [-0.39, 0.29) is 35.1 Å². The SMILES string of the molecule is CCOC(=O)C1=C(N)Oc2c(c(=O)[nH]c3ccccc23)[C@@H]1c1ccc(O)c(O)c1. The summed E-state index contributed by atoms with van der Waals surface area (Å²) in [7, 11) is 0. The van der Waals surface area contributed by atoms with E-state index in [2.05, 4.69) is 4.98 Å². The lowest BCUT2D eigenvalue weighted by Crippen LogP contribution is -2.32. The van der Waals surface area contributed by atoms with E-state index in [1.165, 1.54) is 18.2 Å². The smallest absolute Gasteiger partial charge is 0.340 e. The summed E-state index contributed by atoms with van der Waals surface area (Å²) in [5.74, 6) is -2.38. The van der Waals surface area contributed by atoms with Crippen LogP contribution in [0.4, 0.5) is 0 Å². The number of aromatic hydroxyl groups is 2. The van der Waals surface area contributed by atoms with Crippen LogP contribution in [0.2, 0.25) is 0 Å². The quantitative estimate of drug-likeness (QED) is 0.395. The minimum absolute atomic E-state index is 0.0507. The van der Waals surface area contributed by atoms with Crippen LogP contribution in [0, 0.1) is 0 Å². The third-order valence-electron chi connectivity index (χ3n) is 4.79. The molecule has 0 saturated carbocycles. The maximum absolute atomic E-state index is 13.0. The standard InChI is InChI=1S/C21H18N2O6/c1-2-28-21(27)17-15(10-7-8-13(24)14(25)9-10)16-18(29-19(17)22)11-5-3-4-6-12(11)23-20(16)26/h3-9,15,24-25H,2,22H2,1H3,(H,23,26)/t15-/m0/s1. The summed E-state index contributed by atoms with van der Waals surface area (Å²) in [5, 5.41) is 20.3. The van der Waals surface area contributed by atoms with Crippen LogP contribution in [0.1, 0.15) is 24.0 Å². The molecule has 1 atom stereocenters.